The third-order valence-corrected chi connectivity index (χ3v) is 3.42. The molecule has 2 aromatic rings. The van der Waals surface area contributed by atoms with Gasteiger partial charge in [-0.1, -0.05) is 53.5 Å². The van der Waals surface area contributed by atoms with Gasteiger partial charge in [0.1, 0.15) is 0 Å². The molecule has 1 N–H and O–H groups in total. The van der Waals surface area contributed by atoms with Gasteiger partial charge in [-0.25, -0.2) is 9.78 Å². The van der Waals surface area contributed by atoms with Gasteiger partial charge in [0.15, 0.2) is 11.9 Å². The number of pyridine rings is 1. The molecule has 0 saturated heterocycles. The predicted octanol–water partition coefficient (Wildman–Crippen LogP) is 3.97. The summed E-state index contributed by atoms with van der Waals surface area (Å²) in [5, 5.41) is 3.02. The van der Waals surface area contributed by atoms with Crippen LogP contribution in [0, 0.1) is 0 Å². The Balaban J connectivity index is 1.91. The molecule has 5 nitrogen and oxygen atoms in total. The van der Waals surface area contributed by atoms with E-state index in [-0.39, 0.29) is 10.8 Å². The Labute approximate surface area is 149 Å². The van der Waals surface area contributed by atoms with Crippen LogP contribution in [0.4, 0.5) is 5.82 Å². The van der Waals surface area contributed by atoms with Crippen LogP contribution in [0.15, 0.2) is 48.7 Å². The molecule has 0 aliphatic heterocycles. The number of anilines is 1. The molecule has 0 unspecified atom stereocenters. The van der Waals surface area contributed by atoms with Crippen molar-refractivity contribution in [1.82, 2.24) is 4.98 Å². The molecule has 0 aliphatic rings. The summed E-state index contributed by atoms with van der Waals surface area (Å²) >= 11 is 11.7. The molecule has 1 aromatic carbocycles. The van der Waals surface area contributed by atoms with Crippen LogP contribution in [0.1, 0.15) is 12.5 Å². The summed E-state index contributed by atoms with van der Waals surface area (Å²) in [6.45, 7) is 1.45. The smallest absolute Gasteiger partial charge is 0.331 e. The summed E-state index contributed by atoms with van der Waals surface area (Å²) in [7, 11) is 0. The number of rotatable bonds is 5. The largest absolute Gasteiger partial charge is 0.449 e. The fourth-order valence-electron chi connectivity index (χ4n) is 1.72. The minimum Gasteiger partial charge on any atom is -0.449 e. The van der Waals surface area contributed by atoms with Gasteiger partial charge >= 0.3 is 5.97 Å². The normalized spacial score (nSPS) is 12.0. The predicted molar refractivity (Wildman–Crippen MR) is 93.9 cm³/mol. The highest BCUT2D eigenvalue weighted by Crippen LogP contribution is 2.22. The number of aromatic nitrogens is 1. The summed E-state index contributed by atoms with van der Waals surface area (Å²) in [6.07, 6.45) is 3.20. The van der Waals surface area contributed by atoms with E-state index in [0.29, 0.717) is 5.02 Å². The number of amides is 1. The highest BCUT2D eigenvalue weighted by atomic mass is 35.5. The Kier molecular flexibility index (Phi) is 6.35. The second kappa shape index (κ2) is 8.47. The van der Waals surface area contributed by atoms with Crippen molar-refractivity contribution in [3.8, 4) is 0 Å². The maximum absolute atomic E-state index is 12.0. The average Bonchev–Trinajstić information content (AvgIpc) is 2.56. The minimum absolute atomic E-state index is 0.147. The molecule has 7 heteroatoms. The van der Waals surface area contributed by atoms with Crippen LogP contribution in [0.3, 0.4) is 0 Å². The van der Waals surface area contributed by atoms with E-state index in [0.717, 1.165) is 5.56 Å². The van der Waals surface area contributed by atoms with Crippen LogP contribution in [-0.2, 0) is 14.3 Å². The van der Waals surface area contributed by atoms with Crippen molar-refractivity contribution in [2.45, 2.75) is 13.0 Å². The Hall–Kier alpha value is -2.37. The summed E-state index contributed by atoms with van der Waals surface area (Å²) in [5.41, 5.74) is 0.851. The molecule has 1 aromatic heterocycles. The van der Waals surface area contributed by atoms with Crippen molar-refractivity contribution in [3.05, 3.63) is 64.3 Å². The summed E-state index contributed by atoms with van der Waals surface area (Å²) in [5.74, 6) is -1.03. The van der Waals surface area contributed by atoms with Crippen LogP contribution in [-0.4, -0.2) is 23.0 Å². The number of hydrogen-bond acceptors (Lipinski definition) is 4. The Bertz CT molecular complexity index is 764. The first-order valence-corrected chi connectivity index (χ1v) is 7.77. The third-order valence-electron chi connectivity index (χ3n) is 2.92. The van der Waals surface area contributed by atoms with Gasteiger partial charge in [-0.3, -0.25) is 4.79 Å². The van der Waals surface area contributed by atoms with Crippen LogP contribution < -0.4 is 5.32 Å². The number of nitrogens with zero attached hydrogens (tertiary/aromatic N) is 1. The molecule has 0 spiro atoms. The first kappa shape index (κ1) is 18.0. The highest BCUT2D eigenvalue weighted by molar-refractivity contribution is 6.36. The molecule has 0 aliphatic carbocycles. The quantitative estimate of drug-likeness (QED) is 0.643. The number of halogens is 2. The van der Waals surface area contributed by atoms with E-state index in [1.54, 1.807) is 6.08 Å². The number of benzene rings is 1. The summed E-state index contributed by atoms with van der Waals surface area (Å²) in [6, 6.07) is 10.7. The van der Waals surface area contributed by atoms with Crippen LogP contribution in [0.5, 0.6) is 0 Å². The van der Waals surface area contributed by atoms with Crippen molar-refractivity contribution < 1.29 is 14.3 Å². The van der Waals surface area contributed by atoms with E-state index in [1.165, 1.54) is 25.3 Å². The second-order valence-corrected chi connectivity index (χ2v) is 5.64. The van der Waals surface area contributed by atoms with Crippen molar-refractivity contribution in [2.24, 2.45) is 0 Å². The van der Waals surface area contributed by atoms with Crippen molar-refractivity contribution in [3.63, 3.8) is 0 Å². The van der Waals surface area contributed by atoms with E-state index in [2.05, 4.69) is 10.3 Å². The van der Waals surface area contributed by atoms with E-state index < -0.39 is 18.0 Å². The lowest BCUT2D eigenvalue weighted by molar-refractivity contribution is -0.148. The Morgan fingerprint density at radius 2 is 1.96 bits per heavy atom. The first-order valence-electron chi connectivity index (χ1n) is 7.01. The van der Waals surface area contributed by atoms with Gasteiger partial charge in [0.05, 0.1) is 10.0 Å². The number of esters is 1. The van der Waals surface area contributed by atoms with Gasteiger partial charge in [-0.05, 0) is 24.6 Å². The zero-order valence-corrected chi connectivity index (χ0v) is 14.2. The standard InChI is InChI=1S/C17H14Cl2N2O3/c1-11(17(23)21-16-14(19)9-13(18)10-20-16)24-15(22)8-7-12-5-3-2-4-6-12/h2-11H,1H3,(H,20,21,23)/b8-7+/t11-/m1/s1. The molecule has 1 amide bonds. The van der Waals surface area contributed by atoms with Gasteiger partial charge in [0.2, 0.25) is 0 Å². The fraction of sp³-hybridized carbons (Fsp3) is 0.118. The second-order valence-electron chi connectivity index (χ2n) is 4.80. The molecule has 1 heterocycles. The zero-order chi connectivity index (χ0) is 17.5. The zero-order valence-electron chi connectivity index (χ0n) is 12.7. The maximum Gasteiger partial charge on any atom is 0.331 e. The first-order chi connectivity index (χ1) is 11.5. The number of carbonyl (C=O) groups is 2. The SMILES string of the molecule is C[C@@H](OC(=O)/C=C/c1ccccc1)C(=O)Nc1ncc(Cl)cc1Cl. The molecule has 1 atom stereocenters. The van der Waals surface area contributed by atoms with Gasteiger partial charge in [-0.2, -0.15) is 0 Å². The lowest BCUT2D eigenvalue weighted by Crippen LogP contribution is -2.29. The lowest BCUT2D eigenvalue weighted by Gasteiger charge is -2.12. The van der Waals surface area contributed by atoms with Gasteiger partial charge in [0.25, 0.3) is 5.91 Å². The molecule has 0 bridgehead atoms. The van der Waals surface area contributed by atoms with Crippen LogP contribution in [0.2, 0.25) is 10.0 Å². The topological polar surface area (TPSA) is 68.3 Å². The minimum atomic E-state index is -1.01. The summed E-state index contributed by atoms with van der Waals surface area (Å²) in [4.78, 5) is 27.7. The average molecular weight is 365 g/mol. The molecule has 124 valence electrons. The van der Waals surface area contributed by atoms with Crippen LogP contribution in [0.25, 0.3) is 6.08 Å². The van der Waals surface area contributed by atoms with Crippen LogP contribution >= 0.6 is 23.2 Å². The molecular weight excluding hydrogens is 351 g/mol. The third kappa shape index (κ3) is 5.37. The number of nitrogens with one attached hydrogen (secondary N) is 1. The molecule has 2 rings (SSSR count). The van der Waals surface area contributed by atoms with Gasteiger partial charge in [0, 0.05) is 12.3 Å². The molecule has 24 heavy (non-hydrogen) atoms. The Morgan fingerprint density at radius 3 is 2.62 bits per heavy atom. The van der Waals surface area contributed by atoms with E-state index in [9.17, 15) is 9.59 Å². The van der Waals surface area contributed by atoms with Crippen molar-refractivity contribution in [1.29, 1.82) is 0 Å². The van der Waals surface area contributed by atoms with Gasteiger partial charge < -0.3 is 10.1 Å². The molecule has 0 fully saturated rings. The number of carbonyl (C=O) groups excluding carboxylic acids is 2. The Morgan fingerprint density at radius 1 is 1.25 bits per heavy atom. The lowest BCUT2D eigenvalue weighted by atomic mass is 10.2. The monoisotopic (exact) mass is 364 g/mol. The molecule has 0 saturated carbocycles. The molecular formula is C17H14Cl2N2O3. The number of ether oxygens (including phenoxy) is 1. The van der Waals surface area contributed by atoms with E-state index >= 15 is 0 Å². The van der Waals surface area contributed by atoms with E-state index in [4.69, 9.17) is 27.9 Å². The van der Waals surface area contributed by atoms with Gasteiger partial charge in [-0.15, -0.1) is 0 Å². The maximum atomic E-state index is 12.0. The summed E-state index contributed by atoms with van der Waals surface area (Å²) < 4.78 is 5.03. The number of hydrogen-bond donors (Lipinski definition) is 1. The highest BCUT2D eigenvalue weighted by Gasteiger charge is 2.18. The fourth-order valence-corrected chi connectivity index (χ4v) is 2.15. The van der Waals surface area contributed by atoms with Crippen molar-refractivity contribution in [2.75, 3.05) is 5.32 Å². The van der Waals surface area contributed by atoms with Crippen molar-refractivity contribution >= 4 is 47.0 Å². The molecule has 0 radical (unpaired) electrons. The van der Waals surface area contributed by atoms with E-state index in [1.807, 2.05) is 30.3 Å².